The molecule has 1 aliphatic carbocycles. The SMILES string of the molecule is C[C@@H]1CN(C(=O)CC(C)(C)NC(=O)OCC2c3ccccc3-c3ccccc32)C[C@H]1C(=O)O. The zero-order valence-electron chi connectivity index (χ0n) is 19.2. The third-order valence-corrected chi connectivity index (χ3v) is 6.66. The minimum Gasteiger partial charge on any atom is -0.481 e. The van der Waals surface area contributed by atoms with Crippen LogP contribution in [0, 0.1) is 11.8 Å². The normalized spacial score (nSPS) is 19.7. The summed E-state index contributed by atoms with van der Waals surface area (Å²) < 4.78 is 5.60. The van der Waals surface area contributed by atoms with Gasteiger partial charge in [-0.1, -0.05) is 55.5 Å². The third-order valence-electron chi connectivity index (χ3n) is 6.66. The number of likely N-dealkylation sites (tertiary alicyclic amines) is 1. The molecule has 1 aliphatic heterocycles. The lowest BCUT2D eigenvalue weighted by atomic mass is 9.98. The molecule has 174 valence electrons. The number of nitrogens with zero attached hydrogens (tertiary/aromatic N) is 1. The van der Waals surface area contributed by atoms with E-state index in [0.29, 0.717) is 6.54 Å². The van der Waals surface area contributed by atoms with Crippen LogP contribution in [-0.2, 0) is 14.3 Å². The minimum atomic E-state index is -0.881. The Balaban J connectivity index is 1.34. The van der Waals surface area contributed by atoms with E-state index in [1.54, 1.807) is 18.7 Å². The molecule has 2 atom stereocenters. The molecule has 33 heavy (non-hydrogen) atoms. The largest absolute Gasteiger partial charge is 0.481 e. The molecular formula is C26H30N2O5. The molecule has 0 bridgehead atoms. The van der Waals surface area contributed by atoms with Crippen LogP contribution in [0.3, 0.4) is 0 Å². The number of benzene rings is 2. The summed E-state index contributed by atoms with van der Waals surface area (Å²) in [6.07, 6.45) is -0.510. The summed E-state index contributed by atoms with van der Waals surface area (Å²) in [6, 6.07) is 16.3. The molecule has 0 aromatic heterocycles. The van der Waals surface area contributed by atoms with Gasteiger partial charge in [0.2, 0.25) is 5.91 Å². The number of carboxylic acids is 1. The fourth-order valence-corrected chi connectivity index (χ4v) is 4.94. The van der Waals surface area contributed by atoms with Gasteiger partial charge < -0.3 is 20.1 Å². The van der Waals surface area contributed by atoms with E-state index in [2.05, 4.69) is 29.6 Å². The molecule has 2 N–H and O–H groups in total. The molecule has 2 aromatic rings. The number of aliphatic carboxylic acids is 1. The second kappa shape index (κ2) is 8.89. The van der Waals surface area contributed by atoms with Crippen molar-refractivity contribution in [2.75, 3.05) is 19.7 Å². The van der Waals surface area contributed by atoms with E-state index in [0.717, 1.165) is 22.3 Å². The summed E-state index contributed by atoms with van der Waals surface area (Å²) in [5, 5.41) is 12.1. The summed E-state index contributed by atoms with van der Waals surface area (Å²) in [6.45, 7) is 6.19. The predicted molar refractivity (Wildman–Crippen MR) is 124 cm³/mol. The summed E-state index contributed by atoms with van der Waals surface area (Å²) in [5.74, 6) is -1.73. The first kappa shape index (κ1) is 22.8. The van der Waals surface area contributed by atoms with Gasteiger partial charge in [-0.25, -0.2) is 4.79 Å². The van der Waals surface area contributed by atoms with Gasteiger partial charge in [0, 0.05) is 31.0 Å². The smallest absolute Gasteiger partial charge is 0.407 e. The zero-order valence-corrected chi connectivity index (χ0v) is 19.2. The first-order chi connectivity index (χ1) is 15.7. The monoisotopic (exact) mass is 450 g/mol. The number of alkyl carbamates (subject to hydrolysis) is 1. The zero-order chi connectivity index (χ0) is 23.8. The Bertz CT molecular complexity index is 1030. The Hall–Kier alpha value is -3.35. The van der Waals surface area contributed by atoms with Gasteiger partial charge >= 0.3 is 12.1 Å². The molecule has 0 unspecified atom stereocenters. The fourth-order valence-electron chi connectivity index (χ4n) is 4.94. The van der Waals surface area contributed by atoms with Crippen molar-refractivity contribution in [1.29, 1.82) is 0 Å². The van der Waals surface area contributed by atoms with Crippen LogP contribution in [0.4, 0.5) is 4.79 Å². The predicted octanol–water partition coefficient (Wildman–Crippen LogP) is 3.87. The Morgan fingerprint density at radius 2 is 1.61 bits per heavy atom. The molecule has 1 saturated heterocycles. The maximum atomic E-state index is 12.7. The van der Waals surface area contributed by atoms with Gasteiger partial charge in [0.05, 0.1) is 5.92 Å². The van der Waals surface area contributed by atoms with Gasteiger partial charge in [0.1, 0.15) is 6.61 Å². The average Bonchev–Trinajstić information content (AvgIpc) is 3.30. The molecule has 1 fully saturated rings. The Morgan fingerprint density at radius 1 is 1.03 bits per heavy atom. The summed E-state index contributed by atoms with van der Waals surface area (Å²) >= 11 is 0. The third kappa shape index (κ3) is 4.72. The van der Waals surface area contributed by atoms with Gasteiger partial charge in [-0.2, -0.15) is 0 Å². The van der Waals surface area contributed by atoms with E-state index in [-0.39, 0.29) is 37.3 Å². The molecule has 1 heterocycles. The minimum absolute atomic E-state index is 0.0352. The Labute approximate surface area is 193 Å². The number of rotatable bonds is 6. The number of nitrogens with one attached hydrogen (secondary N) is 1. The van der Waals surface area contributed by atoms with Gasteiger partial charge in [0.15, 0.2) is 0 Å². The van der Waals surface area contributed by atoms with E-state index < -0.39 is 23.5 Å². The first-order valence-corrected chi connectivity index (χ1v) is 11.3. The van der Waals surface area contributed by atoms with Crippen molar-refractivity contribution < 1.29 is 24.2 Å². The second-order valence-electron chi connectivity index (χ2n) is 9.73. The van der Waals surface area contributed by atoms with Gasteiger partial charge in [-0.15, -0.1) is 0 Å². The van der Waals surface area contributed by atoms with Gasteiger partial charge in [-0.3, -0.25) is 9.59 Å². The lowest BCUT2D eigenvalue weighted by molar-refractivity contribution is -0.142. The topological polar surface area (TPSA) is 95.9 Å². The molecule has 0 radical (unpaired) electrons. The number of ether oxygens (including phenoxy) is 1. The molecule has 2 aromatic carbocycles. The summed E-state index contributed by atoms with van der Waals surface area (Å²) in [4.78, 5) is 38.2. The molecular weight excluding hydrogens is 420 g/mol. The number of carbonyl (C=O) groups excluding carboxylic acids is 2. The standard InChI is InChI=1S/C26H30N2O5/c1-16-13-28(14-21(16)24(30)31)23(29)12-26(2,3)27-25(32)33-15-22-19-10-6-4-8-17(19)18-9-5-7-11-20(18)22/h4-11,16,21-22H,12-15H2,1-3H3,(H,27,32)(H,30,31)/t16-,21-/m1/s1. The van der Waals surface area contributed by atoms with Crippen molar-refractivity contribution in [2.24, 2.45) is 11.8 Å². The van der Waals surface area contributed by atoms with E-state index in [1.165, 1.54) is 0 Å². The Kier molecular flexibility index (Phi) is 6.15. The van der Waals surface area contributed by atoms with Crippen molar-refractivity contribution in [2.45, 2.75) is 38.6 Å². The lowest BCUT2D eigenvalue weighted by Gasteiger charge is -2.28. The summed E-state index contributed by atoms with van der Waals surface area (Å²) in [5.41, 5.74) is 3.76. The highest BCUT2D eigenvalue weighted by Gasteiger charge is 2.38. The number of amides is 2. The van der Waals surface area contributed by atoms with Crippen LogP contribution < -0.4 is 5.32 Å². The van der Waals surface area contributed by atoms with Crippen molar-refractivity contribution in [3.05, 3.63) is 59.7 Å². The quantitative estimate of drug-likeness (QED) is 0.697. The molecule has 4 rings (SSSR count). The van der Waals surface area contributed by atoms with Crippen LogP contribution in [0.2, 0.25) is 0 Å². The highest BCUT2D eigenvalue weighted by atomic mass is 16.5. The fraction of sp³-hybridized carbons (Fsp3) is 0.423. The van der Waals surface area contributed by atoms with Crippen molar-refractivity contribution in [3.63, 3.8) is 0 Å². The highest BCUT2D eigenvalue weighted by Crippen LogP contribution is 2.44. The van der Waals surface area contributed by atoms with Crippen molar-refractivity contribution >= 4 is 18.0 Å². The number of hydrogen-bond acceptors (Lipinski definition) is 4. The maximum Gasteiger partial charge on any atom is 0.407 e. The van der Waals surface area contributed by atoms with Crippen LogP contribution in [0.5, 0.6) is 0 Å². The maximum absolute atomic E-state index is 12.7. The van der Waals surface area contributed by atoms with Crippen LogP contribution in [0.25, 0.3) is 11.1 Å². The molecule has 2 amide bonds. The average molecular weight is 451 g/mol. The van der Waals surface area contributed by atoms with E-state index in [9.17, 15) is 19.5 Å². The van der Waals surface area contributed by atoms with E-state index >= 15 is 0 Å². The van der Waals surface area contributed by atoms with Gasteiger partial charge in [0.25, 0.3) is 0 Å². The van der Waals surface area contributed by atoms with Crippen LogP contribution >= 0.6 is 0 Å². The van der Waals surface area contributed by atoms with Crippen LogP contribution in [0.1, 0.15) is 44.2 Å². The molecule has 2 aliphatic rings. The number of fused-ring (bicyclic) bond motifs is 3. The van der Waals surface area contributed by atoms with Crippen molar-refractivity contribution in [3.8, 4) is 11.1 Å². The lowest BCUT2D eigenvalue weighted by Crippen LogP contribution is -2.47. The van der Waals surface area contributed by atoms with E-state index in [1.807, 2.05) is 31.2 Å². The number of carbonyl (C=O) groups is 3. The number of carboxylic acid groups (broad SMARTS) is 1. The van der Waals surface area contributed by atoms with Crippen LogP contribution in [0.15, 0.2) is 48.5 Å². The first-order valence-electron chi connectivity index (χ1n) is 11.3. The van der Waals surface area contributed by atoms with E-state index in [4.69, 9.17) is 4.74 Å². The van der Waals surface area contributed by atoms with Gasteiger partial charge in [-0.05, 0) is 42.0 Å². The van der Waals surface area contributed by atoms with Crippen LogP contribution in [-0.4, -0.2) is 53.2 Å². The summed E-state index contributed by atoms with van der Waals surface area (Å²) in [7, 11) is 0. The molecule has 0 spiro atoms. The highest BCUT2D eigenvalue weighted by molar-refractivity contribution is 5.81. The Morgan fingerprint density at radius 3 is 2.15 bits per heavy atom. The second-order valence-corrected chi connectivity index (χ2v) is 9.73. The molecule has 7 heteroatoms. The molecule has 0 saturated carbocycles. The van der Waals surface area contributed by atoms with Crippen molar-refractivity contribution in [1.82, 2.24) is 10.2 Å². The molecule has 7 nitrogen and oxygen atoms in total. The number of hydrogen-bond donors (Lipinski definition) is 2.